The van der Waals surface area contributed by atoms with Gasteiger partial charge in [-0.15, -0.1) is 0 Å². The molecular formula is C19H24FN3O2. The molecule has 1 aromatic carbocycles. The highest BCUT2D eigenvalue weighted by Gasteiger charge is 2.37. The minimum absolute atomic E-state index is 0.159. The van der Waals surface area contributed by atoms with Crippen LogP contribution in [-0.4, -0.2) is 22.1 Å². The largest absolute Gasteiger partial charge is 0.361 e. The van der Waals surface area contributed by atoms with Crippen LogP contribution in [0.4, 0.5) is 9.18 Å². The fourth-order valence-corrected chi connectivity index (χ4v) is 3.41. The Morgan fingerprint density at radius 2 is 2.00 bits per heavy atom. The van der Waals surface area contributed by atoms with E-state index in [1.807, 2.05) is 27.7 Å². The number of carbonyl (C=O) groups is 1. The van der Waals surface area contributed by atoms with Gasteiger partial charge in [0, 0.05) is 17.2 Å². The average molecular weight is 345 g/mol. The Balaban J connectivity index is 1.79. The molecule has 2 atom stereocenters. The van der Waals surface area contributed by atoms with Crippen LogP contribution in [0.2, 0.25) is 0 Å². The lowest BCUT2D eigenvalue weighted by Crippen LogP contribution is -2.44. The van der Waals surface area contributed by atoms with Gasteiger partial charge >= 0.3 is 6.03 Å². The monoisotopic (exact) mass is 345 g/mol. The van der Waals surface area contributed by atoms with E-state index in [4.69, 9.17) is 4.52 Å². The lowest BCUT2D eigenvalue weighted by Gasteiger charge is -2.31. The molecule has 0 bridgehead atoms. The van der Waals surface area contributed by atoms with Gasteiger partial charge in [0.25, 0.3) is 0 Å². The maximum absolute atomic E-state index is 14.2. The molecule has 6 heteroatoms. The van der Waals surface area contributed by atoms with Gasteiger partial charge in [-0.2, -0.15) is 0 Å². The third-order valence-corrected chi connectivity index (χ3v) is 4.81. The number of carbonyl (C=O) groups excluding carboxylic acids is 1. The molecule has 2 aromatic rings. The van der Waals surface area contributed by atoms with Crippen LogP contribution in [-0.2, 0) is 0 Å². The van der Waals surface area contributed by atoms with Crippen LogP contribution < -0.4 is 5.32 Å². The summed E-state index contributed by atoms with van der Waals surface area (Å²) in [6, 6.07) is 6.04. The molecule has 1 heterocycles. The van der Waals surface area contributed by atoms with Gasteiger partial charge in [0.05, 0.1) is 17.8 Å². The predicted octanol–water partition coefficient (Wildman–Crippen LogP) is 4.43. The summed E-state index contributed by atoms with van der Waals surface area (Å²) in [5, 5.41) is 6.96. The lowest BCUT2D eigenvalue weighted by molar-refractivity contribution is 0.170. The Labute approximate surface area is 147 Å². The topological polar surface area (TPSA) is 58.4 Å². The maximum atomic E-state index is 14.2. The van der Waals surface area contributed by atoms with Crippen molar-refractivity contribution in [2.45, 2.75) is 58.7 Å². The number of aryl methyl sites for hydroxylation is 2. The van der Waals surface area contributed by atoms with E-state index >= 15 is 0 Å². The lowest BCUT2D eigenvalue weighted by atomic mass is 10.1. The van der Waals surface area contributed by atoms with Crippen LogP contribution in [0.5, 0.6) is 0 Å². The minimum Gasteiger partial charge on any atom is -0.361 e. The summed E-state index contributed by atoms with van der Waals surface area (Å²) in [5.74, 6) is 0.414. The summed E-state index contributed by atoms with van der Waals surface area (Å²) in [6.45, 7) is 7.47. The number of rotatable bonds is 5. The number of halogens is 1. The highest BCUT2D eigenvalue weighted by Crippen LogP contribution is 2.35. The predicted molar refractivity (Wildman–Crippen MR) is 92.6 cm³/mol. The molecule has 1 aromatic heterocycles. The molecule has 3 rings (SSSR count). The van der Waals surface area contributed by atoms with Crippen molar-refractivity contribution in [2.75, 3.05) is 0 Å². The van der Waals surface area contributed by atoms with E-state index in [0.29, 0.717) is 11.3 Å². The van der Waals surface area contributed by atoms with Crippen molar-refractivity contribution in [1.82, 2.24) is 15.4 Å². The first-order valence-corrected chi connectivity index (χ1v) is 8.66. The highest BCUT2D eigenvalue weighted by atomic mass is 19.1. The molecule has 134 valence electrons. The van der Waals surface area contributed by atoms with Gasteiger partial charge in [0.15, 0.2) is 0 Å². The van der Waals surface area contributed by atoms with Crippen LogP contribution in [0.1, 0.15) is 61.4 Å². The molecular weight excluding hydrogens is 321 g/mol. The van der Waals surface area contributed by atoms with Gasteiger partial charge < -0.3 is 14.7 Å². The number of hydrogen-bond donors (Lipinski definition) is 1. The maximum Gasteiger partial charge on any atom is 0.318 e. The number of nitrogens with zero attached hydrogens (tertiary/aromatic N) is 2. The van der Waals surface area contributed by atoms with Gasteiger partial charge in [-0.3, -0.25) is 0 Å². The number of urea groups is 1. The molecule has 0 spiro atoms. The molecule has 1 saturated carbocycles. The van der Waals surface area contributed by atoms with Gasteiger partial charge in [0.1, 0.15) is 11.6 Å². The second kappa shape index (κ2) is 6.86. The van der Waals surface area contributed by atoms with Crippen molar-refractivity contribution < 1.29 is 13.7 Å². The van der Waals surface area contributed by atoms with Crippen molar-refractivity contribution >= 4 is 6.03 Å². The number of aromatic nitrogens is 1. The van der Waals surface area contributed by atoms with Crippen LogP contribution in [0.25, 0.3) is 0 Å². The normalized spacial score (nSPS) is 16.4. The van der Waals surface area contributed by atoms with E-state index in [1.54, 1.807) is 23.1 Å². The molecule has 5 nitrogen and oxygen atoms in total. The molecule has 1 fully saturated rings. The van der Waals surface area contributed by atoms with E-state index in [1.165, 1.54) is 6.07 Å². The summed E-state index contributed by atoms with van der Waals surface area (Å²) in [6.07, 6.45) is 1.90. The molecule has 1 aliphatic rings. The molecule has 0 aliphatic heterocycles. The zero-order chi connectivity index (χ0) is 18.1. The number of hydrogen-bond acceptors (Lipinski definition) is 3. The summed E-state index contributed by atoms with van der Waals surface area (Å²) in [4.78, 5) is 14.7. The quantitative estimate of drug-likeness (QED) is 0.872. The van der Waals surface area contributed by atoms with E-state index in [0.717, 1.165) is 24.1 Å². The van der Waals surface area contributed by atoms with E-state index in [-0.39, 0.29) is 30.0 Å². The number of amides is 2. The van der Waals surface area contributed by atoms with Crippen LogP contribution in [0.15, 0.2) is 28.8 Å². The SMILES string of the molecule is Cc1noc(C)c1[C@@H](C)NC(=O)N(C1CC1)[C@H](C)c1ccccc1F. The van der Waals surface area contributed by atoms with E-state index < -0.39 is 0 Å². The fraction of sp³-hybridized carbons (Fsp3) is 0.474. The Kier molecular flexibility index (Phi) is 4.79. The van der Waals surface area contributed by atoms with E-state index in [2.05, 4.69) is 10.5 Å². The average Bonchev–Trinajstić information content (AvgIpc) is 3.32. The van der Waals surface area contributed by atoms with Gasteiger partial charge in [-0.1, -0.05) is 23.4 Å². The van der Waals surface area contributed by atoms with Crippen LogP contribution in [0, 0.1) is 19.7 Å². The summed E-state index contributed by atoms with van der Waals surface area (Å²) >= 11 is 0. The zero-order valence-corrected chi connectivity index (χ0v) is 15.0. The van der Waals surface area contributed by atoms with Crippen molar-refractivity contribution in [3.8, 4) is 0 Å². The molecule has 0 saturated heterocycles. The molecule has 0 radical (unpaired) electrons. The van der Waals surface area contributed by atoms with Crippen molar-refractivity contribution in [3.05, 3.63) is 52.7 Å². The summed E-state index contributed by atoms with van der Waals surface area (Å²) in [7, 11) is 0. The van der Waals surface area contributed by atoms with E-state index in [9.17, 15) is 9.18 Å². The number of nitrogens with one attached hydrogen (secondary N) is 1. The second-order valence-electron chi connectivity index (χ2n) is 6.74. The first kappa shape index (κ1) is 17.5. The molecule has 1 N–H and O–H groups in total. The van der Waals surface area contributed by atoms with Gasteiger partial charge in [-0.25, -0.2) is 9.18 Å². The van der Waals surface area contributed by atoms with Gasteiger partial charge in [-0.05, 0) is 46.6 Å². The van der Waals surface area contributed by atoms with Gasteiger partial charge in [0.2, 0.25) is 0 Å². The first-order chi connectivity index (χ1) is 11.9. The molecule has 25 heavy (non-hydrogen) atoms. The molecule has 2 amide bonds. The Bertz CT molecular complexity index is 750. The molecule has 1 aliphatic carbocycles. The standard InChI is InChI=1S/C19H24FN3O2/c1-11(18-12(2)22-25-14(18)4)21-19(24)23(15-9-10-15)13(3)16-7-5-6-8-17(16)20/h5-8,11,13,15H,9-10H2,1-4H3,(H,21,24)/t11-,13-/m1/s1. The molecule has 0 unspecified atom stereocenters. The Morgan fingerprint density at radius 3 is 2.56 bits per heavy atom. The third-order valence-electron chi connectivity index (χ3n) is 4.81. The second-order valence-corrected chi connectivity index (χ2v) is 6.74. The van der Waals surface area contributed by atoms with Crippen molar-refractivity contribution in [2.24, 2.45) is 0 Å². The Hall–Kier alpha value is -2.37. The first-order valence-electron chi connectivity index (χ1n) is 8.66. The van der Waals surface area contributed by atoms with Crippen LogP contribution in [0.3, 0.4) is 0 Å². The minimum atomic E-state index is -0.328. The van der Waals surface area contributed by atoms with Crippen molar-refractivity contribution in [3.63, 3.8) is 0 Å². The zero-order valence-electron chi connectivity index (χ0n) is 15.0. The highest BCUT2D eigenvalue weighted by molar-refractivity contribution is 5.76. The summed E-state index contributed by atoms with van der Waals surface area (Å²) in [5.41, 5.74) is 2.20. The smallest absolute Gasteiger partial charge is 0.318 e. The van der Waals surface area contributed by atoms with Crippen molar-refractivity contribution in [1.29, 1.82) is 0 Å². The third kappa shape index (κ3) is 3.52. The fourth-order valence-electron chi connectivity index (χ4n) is 3.41. The van der Waals surface area contributed by atoms with Crippen LogP contribution >= 0.6 is 0 Å². The Morgan fingerprint density at radius 1 is 1.32 bits per heavy atom. The summed E-state index contributed by atoms with van der Waals surface area (Å²) < 4.78 is 19.3. The number of benzene rings is 1.